The summed E-state index contributed by atoms with van der Waals surface area (Å²) in [5.41, 5.74) is -0.605. The first kappa shape index (κ1) is 39.2. The van der Waals surface area contributed by atoms with Gasteiger partial charge >= 0.3 is 23.9 Å². The zero-order valence-electron chi connectivity index (χ0n) is 31.0. The average Bonchev–Trinajstić information content (AvgIpc) is 3.12. The molecule has 5 N–H and O–H groups in total. The third-order valence-corrected chi connectivity index (χ3v) is 12.2. The van der Waals surface area contributed by atoms with Crippen LogP contribution in [-0.4, -0.2) is 99.4 Å². The molecule has 3 aliphatic carbocycles. The SMILES string of the molecule is CC(=O)O[C@H]1C(=O)[C@@]2(C)C(C(OC(=O)c3ccccc3)[C@]3(O)CC(OC(=O)C(O)[C@@H](N)c4ccccc4)C(C)=C1C3(C)C)[C@]1(OC(C)=O)COC1C[C@@H]2O. The second-order valence-corrected chi connectivity index (χ2v) is 15.6. The van der Waals surface area contributed by atoms with Gasteiger partial charge in [0.15, 0.2) is 23.6 Å². The molecule has 3 fully saturated rings. The van der Waals surface area contributed by atoms with Crippen LogP contribution >= 0.6 is 0 Å². The lowest BCUT2D eigenvalue weighted by atomic mass is 9.44. The number of hydrogen-bond acceptors (Lipinski definition) is 14. The van der Waals surface area contributed by atoms with E-state index in [1.165, 1.54) is 19.1 Å². The standard InChI is InChI=1S/C40H47NO13/c1-20-25(52-36(48)30(45)29(41)23-13-9-7-10-14-23)18-40(49)34(53-35(47)24-15-11-8-12-16-24)32-38(6,26(44)17-27-39(32,19-50-27)54-22(3)43)33(46)31(51-21(2)42)28(20)37(40,4)5/h7-16,25-27,29-32,34,44-45,49H,17-19,41H2,1-6H3/t25?,26-,27?,29-,30?,31+,32?,34?,38+,39-,40+/m0/s1. The fourth-order valence-electron chi connectivity index (χ4n) is 9.23. The van der Waals surface area contributed by atoms with E-state index in [2.05, 4.69) is 0 Å². The predicted molar refractivity (Wildman–Crippen MR) is 188 cm³/mol. The maximum absolute atomic E-state index is 15.3. The van der Waals surface area contributed by atoms with Gasteiger partial charge in [0.05, 0.1) is 35.6 Å². The number of aliphatic hydroxyl groups excluding tert-OH is 2. The molecule has 14 nitrogen and oxygen atoms in total. The minimum atomic E-state index is -2.32. The number of hydrogen-bond donors (Lipinski definition) is 4. The summed E-state index contributed by atoms with van der Waals surface area (Å²) < 4.78 is 29.9. The van der Waals surface area contributed by atoms with E-state index in [0.29, 0.717) is 5.56 Å². The summed E-state index contributed by atoms with van der Waals surface area (Å²) in [6, 6.07) is 15.1. The predicted octanol–water partition coefficient (Wildman–Crippen LogP) is 2.26. The van der Waals surface area contributed by atoms with Crippen molar-refractivity contribution >= 4 is 29.7 Å². The third kappa shape index (κ3) is 6.04. The van der Waals surface area contributed by atoms with Crippen LogP contribution in [0.4, 0.5) is 0 Å². The lowest BCUT2D eigenvalue weighted by molar-refractivity contribution is -0.346. The summed E-state index contributed by atoms with van der Waals surface area (Å²) in [5.74, 6) is -6.01. The first-order valence-electron chi connectivity index (χ1n) is 17.9. The largest absolute Gasteiger partial charge is 0.456 e. The highest BCUT2D eigenvalue weighted by Gasteiger charge is 2.78. The van der Waals surface area contributed by atoms with Crippen LogP contribution < -0.4 is 5.73 Å². The highest BCUT2D eigenvalue weighted by Crippen LogP contribution is 2.64. The molecule has 0 radical (unpaired) electrons. The maximum Gasteiger partial charge on any atom is 0.338 e. The molecule has 0 aromatic heterocycles. The summed E-state index contributed by atoms with van der Waals surface area (Å²) in [5, 5.41) is 36.5. The van der Waals surface area contributed by atoms with Gasteiger partial charge in [0.25, 0.3) is 0 Å². The number of esters is 4. The van der Waals surface area contributed by atoms with Gasteiger partial charge in [0, 0.05) is 32.1 Å². The van der Waals surface area contributed by atoms with Gasteiger partial charge in [-0.15, -0.1) is 0 Å². The average molecular weight is 750 g/mol. The van der Waals surface area contributed by atoms with Crippen LogP contribution in [0.1, 0.15) is 76.3 Å². The number of aliphatic hydroxyl groups is 3. The van der Waals surface area contributed by atoms with Crippen LogP contribution in [0.2, 0.25) is 0 Å². The summed E-state index contributed by atoms with van der Waals surface area (Å²) in [4.78, 5) is 68.7. The molecular formula is C40H47NO13. The maximum atomic E-state index is 15.3. The highest BCUT2D eigenvalue weighted by molar-refractivity contribution is 5.95. The molecule has 54 heavy (non-hydrogen) atoms. The van der Waals surface area contributed by atoms with Crippen LogP contribution in [0.15, 0.2) is 71.8 Å². The highest BCUT2D eigenvalue weighted by atomic mass is 16.6. The fourth-order valence-corrected chi connectivity index (χ4v) is 9.23. The molecule has 1 saturated heterocycles. The summed E-state index contributed by atoms with van der Waals surface area (Å²) in [6.07, 6.45) is -9.98. The van der Waals surface area contributed by atoms with Crippen molar-refractivity contribution in [2.24, 2.45) is 22.5 Å². The molecule has 0 amide bonds. The first-order chi connectivity index (χ1) is 25.3. The monoisotopic (exact) mass is 749 g/mol. The molecule has 290 valence electrons. The van der Waals surface area contributed by atoms with E-state index < -0.39 is 107 Å². The number of ether oxygens (including phenoxy) is 5. The number of Topliss-reactive ketones (excluding diaryl/α,β-unsaturated/α-hetero) is 1. The van der Waals surface area contributed by atoms with Crippen molar-refractivity contribution in [1.29, 1.82) is 0 Å². The van der Waals surface area contributed by atoms with E-state index in [9.17, 15) is 34.5 Å². The Morgan fingerprint density at radius 1 is 0.926 bits per heavy atom. The van der Waals surface area contributed by atoms with Crippen molar-refractivity contribution in [2.75, 3.05) is 6.61 Å². The lowest BCUT2D eigenvalue weighted by Gasteiger charge is -2.67. The molecule has 11 atom stereocenters. The van der Waals surface area contributed by atoms with Crippen molar-refractivity contribution in [3.63, 3.8) is 0 Å². The van der Waals surface area contributed by atoms with Crippen molar-refractivity contribution in [1.82, 2.24) is 0 Å². The molecule has 1 heterocycles. The van der Waals surface area contributed by atoms with Gasteiger partial charge in [-0.05, 0) is 42.7 Å². The molecule has 4 aliphatic rings. The van der Waals surface area contributed by atoms with E-state index >= 15 is 4.79 Å². The second-order valence-electron chi connectivity index (χ2n) is 15.6. The summed E-state index contributed by atoms with van der Waals surface area (Å²) in [7, 11) is 0. The normalized spacial score (nSPS) is 35.0. The second kappa shape index (κ2) is 14.0. The van der Waals surface area contributed by atoms with Gasteiger partial charge in [-0.25, -0.2) is 9.59 Å². The van der Waals surface area contributed by atoms with E-state index in [1.54, 1.807) is 69.3 Å². The summed E-state index contributed by atoms with van der Waals surface area (Å²) >= 11 is 0. The van der Waals surface area contributed by atoms with E-state index in [-0.39, 0.29) is 29.7 Å². The van der Waals surface area contributed by atoms with Crippen molar-refractivity contribution < 1.29 is 63.0 Å². The Hall–Kier alpha value is -4.47. The first-order valence-corrected chi connectivity index (χ1v) is 17.9. The topological polar surface area (TPSA) is 218 Å². The Kier molecular flexibility index (Phi) is 10.2. The third-order valence-electron chi connectivity index (χ3n) is 12.2. The lowest BCUT2D eigenvalue weighted by Crippen LogP contribution is -2.82. The van der Waals surface area contributed by atoms with Gasteiger partial charge in [0.1, 0.15) is 23.9 Å². The van der Waals surface area contributed by atoms with Gasteiger partial charge < -0.3 is 44.7 Å². The Labute approximate surface area is 312 Å². The Morgan fingerprint density at radius 3 is 2.09 bits per heavy atom. The van der Waals surface area contributed by atoms with Gasteiger partial charge in [-0.3, -0.25) is 14.4 Å². The van der Waals surface area contributed by atoms with Gasteiger partial charge in [-0.2, -0.15) is 0 Å². The molecule has 0 spiro atoms. The van der Waals surface area contributed by atoms with Gasteiger partial charge in [-0.1, -0.05) is 62.4 Å². The van der Waals surface area contributed by atoms with Crippen LogP contribution in [0.5, 0.6) is 0 Å². The van der Waals surface area contributed by atoms with Crippen molar-refractivity contribution in [2.45, 2.75) is 108 Å². The number of carbonyl (C=O) groups excluding carboxylic acids is 5. The molecular weight excluding hydrogens is 702 g/mol. The zero-order chi connectivity index (χ0) is 39.5. The molecule has 14 heteroatoms. The van der Waals surface area contributed by atoms with E-state index in [1.807, 2.05) is 0 Å². The molecule has 2 aromatic rings. The number of benzene rings is 2. The minimum absolute atomic E-state index is 0.0391. The smallest absolute Gasteiger partial charge is 0.338 e. The summed E-state index contributed by atoms with van der Waals surface area (Å²) in [6.45, 7) is 8.08. The van der Waals surface area contributed by atoms with Crippen molar-refractivity contribution in [3.8, 4) is 0 Å². The number of ketones is 1. The number of fused-ring (bicyclic) bond motifs is 5. The molecule has 6 rings (SSSR count). The molecule has 2 saturated carbocycles. The Bertz CT molecular complexity index is 1860. The minimum Gasteiger partial charge on any atom is -0.456 e. The molecule has 2 aromatic carbocycles. The van der Waals surface area contributed by atoms with Gasteiger partial charge in [0.2, 0.25) is 0 Å². The van der Waals surface area contributed by atoms with E-state index in [0.717, 1.165) is 13.8 Å². The van der Waals surface area contributed by atoms with Crippen LogP contribution in [0.3, 0.4) is 0 Å². The van der Waals surface area contributed by atoms with Crippen LogP contribution in [0, 0.1) is 16.7 Å². The van der Waals surface area contributed by atoms with Crippen LogP contribution in [0.25, 0.3) is 0 Å². The van der Waals surface area contributed by atoms with Crippen LogP contribution in [-0.2, 0) is 42.9 Å². The van der Waals surface area contributed by atoms with E-state index in [4.69, 9.17) is 29.4 Å². The van der Waals surface area contributed by atoms with Crippen molar-refractivity contribution in [3.05, 3.63) is 82.9 Å². The Morgan fingerprint density at radius 2 is 1.54 bits per heavy atom. The molecule has 5 unspecified atom stereocenters. The zero-order valence-corrected chi connectivity index (χ0v) is 31.0. The molecule has 1 aliphatic heterocycles. The Balaban J connectivity index is 1.58. The fraction of sp³-hybridized carbons (Fsp3) is 0.525. The quantitative estimate of drug-likeness (QED) is 0.173. The number of rotatable bonds is 8. The number of carbonyl (C=O) groups is 5. The molecule has 2 bridgehead atoms. The number of nitrogens with two attached hydrogens (primary N) is 1.